The summed E-state index contributed by atoms with van der Waals surface area (Å²) in [6.07, 6.45) is 6.94. The number of amides is 1. The molecule has 1 aromatic rings. The van der Waals surface area contributed by atoms with Crippen LogP contribution in [0.25, 0.3) is 0 Å². The Hall–Kier alpha value is -1.29. The fourth-order valence-corrected chi connectivity index (χ4v) is 2.05. The highest BCUT2D eigenvalue weighted by Gasteiger charge is 2.13. The summed E-state index contributed by atoms with van der Waals surface area (Å²) in [6.45, 7) is 3.47. The van der Waals surface area contributed by atoms with Gasteiger partial charge in [-0.05, 0) is 31.4 Å². The quantitative estimate of drug-likeness (QED) is 0.772. The monoisotopic (exact) mass is 252 g/mol. The van der Waals surface area contributed by atoms with Gasteiger partial charge in [0.2, 0.25) is 5.91 Å². The number of nitrogens with two attached hydrogens (primary N) is 1. The summed E-state index contributed by atoms with van der Waals surface area (Å²) in [5.41, 5.74) is 6.58. The SMILES string of the molecule is CCC(CCN)CCC(=O)N(C)Cc1ccoc1. The maximum Gasteiger partial charge on any atom is 0.222 e. The van der Waals surface area contributed by atoms with Gasteiger partial charge >= 0.3 is 0 Å². The third-order valence-electron chi connectivity index (χ3n) is 3.34. The van der Waals surface area contributed by atoms with Gasteiger partial charge in [0.25, 0.3) is 0 Å². The van der Waals surface area contributed by atoms with E-state index in [4.69, 9.17) is 10.2 Å². The Bertz CT molecular complexity index is 336. The van der Waals surface area contributed by atoms with Crippen molar-refractivity contribution in [2.75, 3.05) is 13.6 Å². The van der Waals surface area contributed by atoms with Crippen molar-refractivity contribution in [3.05, 3.63) is 24.2 Å². The predicted molar refractivity (Wildman–Crippen MR) is 71.9 cm³/mol. The molecule has 2 N–H and O–H groups in total. The van der Waals surface area contributed by atoms with Crippen LogP contribution >= 0.6 is 0 Å². The van der Waals surface area contributed by atoms with E-state index in [0.29, 0.717) is 25.4 Å². The van der Waals surface area contributed by atoms with Crippen molar-refractivity contribution in [3.63, 3.8) is 0 Å². The molecule has 0 aliphatic carbocycles. The van der Waals surface area contributed by atoms with Crippen LogP contribution in [-0.4, -0.2) is 24.4 Å². The standard InChI is InChI=1S/C14H24N2O2/c1-3-12(6-8-15)4-5-14(17)16(2)10-13-7-9-18-11-13/h7,9,11-12H,3-6,8,10,15H2,1-2H3. The lowest BCUT2D eigenvalue weighted by Gasteiger charge is -2.18. The van der Waals surface area contributed by atoms with E-state index in [2.05, 4.69) is 6.92 Å². The van der Waals surface area contributed by atoms with Crippen LogP contribution in [0.3, 0.4) is 0 Å². The number of furan rings is 1. The minimum Gasteiger partial charge on any atom is -0.472 e. The van der Waals surface area contributed by atoms with Gasteiger partial charge in [-0.15, -0.1) is 0 Å². The molecule has 0 aliphatic heterocycles. The van der Waals surface area contributed by atoms with Crippen molar-refractivity contribution in [3.8, 4) is 0 Å². The molecule has 1 aromatic heterocycles. The number of nitrogens with zero attached hydrogens (tertiary/aromatic N) is 1. The topological polar surface area (TPSA) is 59.5 Å². The molecule has 1 unspecified atom stereocenters. The lowest BCUT2D eigenvalue weighted by atomic mass is 9.96. The van der Waals surface area contributed by atoms with E-state index in [9.17, 15) is 4.79 Å². The van der Waals surface area contributed by atoms with E-state index in [1.54, 1.807) is 17.4 Å². The van der Waals surface area contributed by atoms with Crippen molar-refractivity contribution in [2.24, 2.45) is 11.7 Å². The van der Waals surface area contributed by atoms with Gasteiger partial charge in [-0.3, -0.25) is 4.79 Å². The van der Waals surface area contributed by atoms with E-state index < -0.39 is 0 Å². The second-order valence-corrected chi connectivity index (χ2v) is 4.77. The lowest BCUT2D eigenvalue weighted by Crippen LogP contribution is -2.26. The molecule has 0 bridgehead atoms. The fourth-order valence-electron chi connectivity index (χ4n) is 2.05. The van der Waals surface area contributed by atoms with Crippen LogP contribution < -0.4 is 5.73 Å². The number of carbonyl (C=O) groups excluding carboxylic acids is 1. The molecule has 0 aromatic carbocycles. The zero-order valence-electron chi connectivity index (χ0n) is 11.4. The van der Waals surface area contributed by atoms with Gasteiger partial charge < -0.3 is 15.1 Å². The van der Waals surface area contributed by atoms with Crippen LogP contribution in [-0.2, 0) is 11.3 Å². The molecule has 4 heteroatoms. The van der Waals surface area contributed by atoms with Crippen LogP contribution in [0.15, 0.2) is 23.0 Å². The Kier molecular flexibility index (Phi) is 6.50. The predicted octanol–water partition coefficient (Wildman–Crippen LogP) is 2.39. The Morgan fingerprint density at radius 2 is 2.28 bits per heavy atom. The van der Waals surface area contributed by atoms with Crippen molar-refractivity contribution in [1.29, 1.82) is 0 Å². The molecule has 1 rings (SSSR count). The number of hydrogen-bond acceptors (Lipinski definition) is 3. The summed E-state index contributed by atoms with van der Waals surface area (Å²) in [6, 6.07) is 1.88. The van der Waals surface area contributed by atoms with Gasteiger partial charge in [0.1, 0.15) is 0 Å². The van der Waals surface area contributed by atoms with E-state index in [-0.39, 0.29) is 5.91 Å². The summed E-state index contributed by atoms with van der Waals surface area (Å²) < 4.78 is 4.99. The van der Waals surface area contributed by atoms with E-state index in [1.807, 2.05) is 13.1 Å². The van der Waals surface area contributed by atoms with Crippen LogP contribution in [0.2, 0.25) is 0 Å². The molecule has 102 valence electrons. The molecule has 0 aliphatic rings. The molecule has 18 heavy (non-hydrogen) atoms. The summed E-state index contributed by atoms with van der Waals surface area (Å²) in [4.78, 5) is 13.7. The van der Waals surface area contributed by atoms with Crippen molar-refractivity contribution < 1.29 is 9.21 Å². The maximum atomic E-state index is 12.0. The summed E-state index contributed by atoms with van der Waals surface area (Å²) in [5.74, 6) is 0.757. The molecule has 0 spiro atoms. The molecular weight excluding hydrogens is 228 g/mol. The molecule has 0 radical (unpaired) electrons. The highest BCUT2D eigenvalue weighted by molar-refractivity contribution is 5.75. The molecular formula is C14H24N2O2. The van der Waals surface area contributed by atoms with Crippen LogP contribution in [0.1, 0.15) is 38.2 Å². The van der Waals surface area contributed by atoms with Crippen LogP contribution in [0.4, 0.5) is 0 Å². The van der Waals surface area contributed by atoms with Crippen LogP contribution in [0, 0.1) is 5.92 Å². The Morgan fingerprint density at radius 3 is 2.83 bits per heavy atom. The largest absolute Gasteiger partial charge is 0.472 e. The van der Waals surface area contributed by atoms with E-state index >= 15 is 0 Å². The molecule has 0 saturated carbocycles. The molecule has 4 nitrogen and oxygen atoms in total. The first-order chi connectivity index (χ1) is 8.67. The van der Waals surface area contributed by atoms with Gasteiger partial charge in [-0.25, -0.2) is 0 Å². The lowest BCUT2D eigenvalue weighted by molar-refractivity contribution is -0.130. The second-order valence-electron chi connectivity index (χ2n) is 4.77. The first kappa shape index (κ1) is 14.8. The summed E-state index contributed by atoms with van der Waals surface area (Å²) >= 11 is 0. The van der Waals surface area contributed by atoms with Crippen molar-refractivity contribution in [2.45, 2.75) is 39.2 Å². The first-order valence-corrected chi connectivity index (χ1v) is 6.62. The number of rotatable bonds is 8. The molecule has 0 saturated heterocycles. The second kappa shape index (κ2) is 7.93. The van der Waals surface area contributed by atoms with Gasteiger partial charge in [-0.1, -0.05) is 13.3 Å². The van der Waals surface area contributed by atoms with Gasteiger partial charge in [-0.2, -0.15) is 0 Å². The summed E-state index contributed by atoms with van der Waals surface area (Å²) in [5, 5.41) is 0. The zero-order chi connectivity index (χ0) is 13.4. The molecule has 1 amide bonds. The van der Waals surface area contributed by atoms with E-state index in [1.165, 1.54) is 0 Å². The third kappa shape index (κ3) is 4.92. The highest BCUT2D eigenvalue weighted by Crippen LogP contribution is 2.15. The molecule has 0 fully saturated rings. The van der Waals surface area contributed by atoms with Crippen molar-refractivity contribution in [1.82, 2.24) is 4.90 Å². The van der Waals surface area contributed by atoms with Gasteiger partial charge in [0.05, 0.1) is 12.5 Å². The summed E-state index contributed by atoms with van der Waals surface area (Å²) in [7, 11) is 1.83. The molecule has 1 heterocycles. The van der Waals surface area contributed by atoms with E-state index in [0.717, 1.165) is 24.8 Å². The van der Waals surface area contributed by atoms with Crippen LogP contribution in [0.5, 0.6) is 0 Å². The minimum absolute atomic E-state index is 0.187. The Labute approximate surface area is 109 Å². The first-order valence-electron chi connectivity index (χ1n) is 6.62. The highest BCUT2D eigenvalue weighted by atomic mass is 16.3. The van der Waals surface area contributed by atoms with Crippen molar-refractivity contribution >= 4 is 5.91 Å². The van der Waals surface area contributed by atoms with Gasteiger partial charge in [0.15, 0.2) is 0 Å². The average Bonchev–Trinajstić information content (AvgIpc) is 2.86. The third-order valence-corrected chi connectivity index (χ3v) is 3.34. The fraction of sp³-hybridized carbons (Fsp3) is 0.643. The zero-order valence-corrected chi connectivity index (χ0v) is 11.4. The number of hydrogen-bond donors (Lipinski definition) is 1. The Morgan fingerprint density at radius 1 is 1.50 bits per heavy atom. The normalized spacial score (nSPS) is 12.4. The smallest absolute Gasteiger partial charge is 0.222 e. The number of carbonyl (C=O) groups is 1. The average molecular weight is 252 g/mol. The van der Waals surface area contributed by atoms with Gasteiger partial charge in [0, 0.05) is 25.6 Å². The molecule has 1 atom stereocenters. The minimum atomic E-state index is 0.187. The Balaban J connectivity index is 2.31. The maximum absolute atomic E-state index is 12.0.